The van der Waals surface area contributed by atoms with Crippen LogP contribution in [0.3, 0.4) is 0 Å². The standard InChI is InChI=1S/C19H19Cl2NO5S/c20-15-2-1-3-16(21)19(15)28(25,26)14-6-4-13(5-7-14)17-12-22(10-11-27-17)9-8-18(23)24/h1-7,17H,8-12H2,(H,23,24). The molecule has 1 fully saturated rings. The van der Waals surface area contributed by atoms with Crippen molar-refractivity contribution in [1.82, 2.24) is 4.90 Å². The molecule has 1 saturated heterocycles. The van der Waals surface area contributed by atoms with Gasteiger partial charge >= 0.3 is 5.97 Å². The van der Waals surface area contributed by atoms with E-state index in [1.54, 1.807) is 18.2 Å². The molecule has 1 unspecified atom stereocenters. The number of ether oxygens (including phenoxy) is 1. The number of benzene rings is 2. The smallest absolute Gasteiger partial charge is 0.304 e. The molecule has 1 atom stereocenters. The van der Waals surface area contributed by atoms with Crippen LogP contribution in [0.4, 0.5) is 0 Å². The van der Waals surface area contributed by atoms with E-state index in [0.29, 0.717) is 26.2 Å². The Morgan fingerprint density at radius 1 is 1.14 bits per heavy atom. The van der Waals surface area contributed by atoms with Gasteiger partial charge in [-0.25, -0.2) is 8.42 Å². The van der Waals surface area contributed by atoms with Crippen LogP contribution in [0.5, 0.6) is 0 Å². The summed E-state index contributed by atoms with van der Waals surface area (Å²) in [7, 11) is -3.86. The summed E-state index contributed by atoms with van der Waals surface area (Å²) in [5.74, 6) is -0.837. The van der Waals surface area contributed by atoms with Crippen LogP contribution in [0.25, 0.3) is 0 Å². The molecule has 0 radical (unpaired) electrons. The molecule has 9 heteroatoms. The molecule has 150 valence electrons. The Balaban J connectivity index is 1.79. The van der Waals surface area contributed by atoms with Crippen molar-refractivity contribution in [2.75, 3.05) is 26.2 Å². The summed E-state index contributed by atoms with van der Waals surface area (Å²) in [6.07, 6.45) is -0.175. The highest BCUT2D eigenvalue weighted by Crippen LogP contribution is 2.34. The molecule has 1 heterocycles. The number of aliphatic carboxylic acids is 1. The number of carbonyl (C=O) groups is 1. The Morgan fingerprint density at radius 3 is 2.39 bits per heavy atom. The van der Waals surface area contributed by atoms with Gasteiger partial charge in [0.25, 0.3) is 0 Å². The van der Waals surface area contributed by atoms with E-state index in [-0.39, 0.29) is 32.4 Å². The maximum Gasteiger partial charge on any atom is 0.304 e. The maximum atomic E-state index is 12.9. The van der Waals surface area contributed by atoms with Gasteiger partial charge in [0.2, 0.25) is 9.84 Å². The van der Waals surface area contributed by atoms with Crippen molar-refractivity contribution in [2.24, 2.45) is 0 Å². The van der Waals surface area contributed by atoms with Crippen LogP contribution in [0.1, 0.15) is 18.1 Å². The molecule has 0 saturated carbocycles. The molecule has 0 aliphatic carbocycles. The van der Waals surface area contributed by atoms with E-state index in [0.717, 1.165) is 5.56 Å². The van der Waals surface area contributed by atoms with Gasteiger partial charge in [-0.2, -0.15) is 0 Å². The molecule has 3 rings (SSSR count). The van der Waals surface area contributed by atoms with Crippen molar-refractivity contribution in [1.29, 1.82) is 0 Å². The van der Waals surface area contributed by atoms with Crippen LogP contribution in [0, 0.1) is 0 Å². The zero-order valence-corrected chi connectivity index (χ0v) is 17.2. The third-order valence-corrected chi connectivity index (χ3v) is 7.27. The number of rotatable bonds is 6. The summed E-state index contributed by atoms with van der Waals surface area (Å²) in [6.45, 7) is 2.16. The highest BCUT2D eigenvalue weighted by Gasteiger charge is 2.26. The highest BCUT2D eigenvalue weighted by molar-refractivity contribution is 7.91. The molecule has 2 aromatic carbocycles. The number of sulfone groups is 1. The number of carboxylic acids is 1. The highest BCUT2D eigenvalue weighted by atomic mass is 35.5. The molecule has 1 N–H and O–H groups in total. The second-order valence-corrected chi connectivity index (χ2v) is 9.13. The van der Waals surface area contributed by atoms with Gasteiger partial charge in [0, 0.05) is 19.6 Å². The van der Waals surface area contributed by atoms with Crippen LogP contribution in [-0.4, -0.2) is 50.6 Å². The molecule has 0 amide bonds. The minimum Gasteiger partial charge on any atom is -0.481 e. The first kappa shape index (κ1) is 21.1. The molecule has 1 aliphatic rings. The summed E-state index contributed by atoms with van der Waals surface area (Å²) in [6, 6.07) is 11.0. The number of halogens is 2. The minimum absolute atomic E-state index is 0.0706. The van der Waals surface area contributed by atoms with Gasteiger partial charge in [-0.15, -0.1) is 0 Å². The van der Waals surface area contributed by atoms with Crippen molar-refractivity contribution in [3.05, 3.63) is 58.1 Å². The summed E-state index contributed by atoms with van der Waals surface area (Å²) in [4.78, 5) is 12.8. The Labute approximate surface area is 173 Å². The fourth-order valence-corrected chi connectivity index (χ4v) is 5.47. The normalized spacial score (nSPS) is 18.1. The Kier molecular flexibility index (Phi) is 6.62. The van der Waals surface area contributed by atoms with Gasteiger partial charge in [0.15, 0.2) is 0 Å². The second kappa shape index (κ2) is 8.80. The van der Waals surface area contributed by atoms with Crippen molar-refractivity contribution >= 4 is 39.0 Å². The van der Waals surface area contributed by atoms with Gasteiger partial charge < -0.3 is 9.84 Å². The van der Waals surface area contributed by atoms with Crippen LogP contribution in [0.2, 0.25) is 10.0 Å². The molecule has 28 heavy (non-hydrogen) atoms. The molecule has 6 nitrogen and oxygen atoms in total. The van der Waals surface area contributed by atoms with E-state index in [1.165, 1.54) is 24.3 Å². The third kappa shape index (κ3) is 4.67. The fraction of sp³-hybridized carbons (Fsp3) is 0.316. The number of hydrogen-bond donors (Lipinski definition) is 1. The van der Waals surface area contributed by atoms with Crippen molar-refractivity contribution in [3.63, 3.8) is 0 Å². The Bertz CT molecular complexity index is 943. The summed E-state index contributed by atoms with van der Waals surface area (Å²) in [5.41, 5.74) is 0.823. The first-order valence-electron chi connectivity index (χ1n) is 8.64. The average Bonchev–Trinajstić information content (AvgIpc) is 2.66. The number of morpholine rings is 1. The van der Waals surface area contributed by atoms with Crippen molar-refractivity contribution < 1.29 is 23.1 Å². The van der Waals surface area contributed by atoms with E-state index in [1.807, 2.05) is 4.90 Å². The summed E-state index contributed by atoms with van der Waals surface area (Å²) in [5, 5.41) is 8.97. The first-order chi connectivity index (χ1) is 13.3. The molecule has 0 spiro atoms. The Morgan fingerprint density at radius 2 is 1.79 bits per heavy atom. The van der Waals surface area contributed by atoms with Gasteiger partial charge in [-0.05, 0) is 29.8 Å². The zero-order valence-electron chi connectivity index (χ0n) is 14.8. The lowest BCUT2D eigenvalue weighted by atomic mass is 10.1. The van der Waals surface area contributed by atoms with Crippen LogP contribution < -0.4 is 0 Å². The lowest BCUT2D eigenvalue weighted by Gasteiger charge is -2.32. The second-order valence-electron chi connectivity index (χ2n) is 6.43. The molecule has 0 bridgehead atoms. The number of hydrogen-bond acceptors (Lipinski definition) is 5. The zero-order chi connectivity index (χ0) is 20.3. The Hall–Kier alpha value is -1.64. The summed E-state index contributed by atoms with van der Waals surface area (Å²) >= 11 is 12.1. The van der Waals surface area contributed by atoms with Crippen LogP contribution in [0.15, 0.2) is 52.3 Å². The largest absolute Gasteiger partial charge is 0.481 e. The van der Waals surface area contributed by atoms with E-state index >= 15 is 0 Å². The van der Waals surface area contributed by atoms with Crippen LogP contribution >= 0.6 is 23.2 Å². The van der Waals surface area contributed by atoms with Gasteiger partial charge in [-0.1, -0.05) is 41.4 Å². The van der Waals surface area contributed by atoms with E-state index in [4.69, 9.17) is 33.0 Å². The molecule has 1 aliphatic heterocycles. The average molecular weight is 444 g/mol. The van der Waals surface area contributed by atoms with E-state index in [2.05, 4.69) is 0 Å². The van der Waals surface area contributed by atoms with E-state index < -0.39 is 15.8 Å². The van der Waals surface area contributed by atoms with Gasteiger partial charge in [-0.3, -0.25) is 9.69 Å². The quantitative estimate of drug-likeness (QED) is 0.732. The maximum absolute atomic E-state index is 12.9. The molecule has 0 aromatic heterocycles. The van der Waals surface area contributed by atoms with Crippen LogP contribution in [-0.2, 0) is 19.4 Å². The predicted molar refractivity (Wildman–Crippen MR) is 106 cm³/mol. The molecule has 2 aromatic rings. The number of carboxylic acid groups (broad SMARTS) is 1. The topological polar surface area (TPSA) is 83.9 Å². The predicted octanol–water partition coefficient (Wildman–Crippen LogP) is 3.67. The first-order valence-corrected chi connectivity index (χ1v) is 10.9. The van der Waals surface area contributed by atoms with Gasteiger partial charge in [0.1, 0.15) is 4.90 Å². The number of nitrogens with zero attached hydrogens (tertiary/aromatic N) is 1. The molecular weight excluding hydrogens is 425 g/mol. The lowest BCUT2D eigenvalue weighted by Crippen LogP contribution is -2.39. The lowest BCUT2D eigenvalue weighted by molar-refractivity contribution is -0.137. The summed E-state index contributed by atoms with van der Waals surface area (Å²) < 4.78 is 31.6. The van der Waals surface area contributed by atoms with Gasteiger partial charge in [0.05, 0.1) is 34.1 Å². The third-order valence-electron chi connectivity index (χ3n) is 4.54. The van der Waals surface area contributed by atoms with Crippen molar-refractivity contribution in [3.8, 4) is 0 Å². The molecular formula is C19H19Cl2NO5S. The van der Waals surface area contributed by atoms with E-state index in [9.17, 15) is 13.2 Å². The fourth-order valence-electron chi connectivity index (χ4n) is 3.08. The monoisotopic (exact) mass is 443 g/mol. The van der Waals surface area contributed by atoms with Crippen molar-refractivity contribution in [2.45, 2.75) is 22.3 Å². The SMILES string of the molecule is O=C(O)CCN1CCOC(c2ccc(S(=O)(=O)c3c(Cl)cccc3Cl)cc2)C1. The minimum atomic E-state index is -3.86.